The van der Waals surface area contributed by atoms with Crippen molar-refractivity contribution in [1.82, 2.24) is 5.32 Å². The number of halogens is 1. The van der Waals surface area contributed by atoms with E-state index in [0.717, 1.165) is 10.6 Å². The van der Waals surface area contributed by atoms with Crippen molar-refractivity contribution in [2.45, 2.75) is 11.3 Å². The second-order valence-corrected chi connectivity index (χ2v) is 7.30. The van der Waals surface area contributed by atoms with Crippen molar-refractivity contribution in [2.75, 3.05) is 30.3 Å². The molecule has 1 aliphatic rings. The molecule has 7 heteroatoms. The Morgan fingerprint density at radius 1 is 1.19 bits per heavy atom. The van der Waals surface area contributed by atoms with Crippen LogP contribution in [-0.2, 0) is 9.59 Å². The van der Waals surface area contributed by atoms with Crippen LogP contribution < -0.4 is 15.0 Å². The molecule has 0 radical (unpaired) electrons. The molecule has 1 N–H and O–H groups in total. The predicted molar refractivity (Wildman–Crippen MR) is 104 cm³/mol. The van der Waals surface area contributed by atoms with Gasteiger partial charge in [0.05, 0.1) is 18.7 Å². The minimum atomic E-state index is -0.188. The van der Waals surface area contributed by atoms with E-state index in [9.17, 15) is 9.59 Å². The number of carbonyl (C=O) groups excluding carboxylic acids is 2. The molecule has 1 aliphatic heterocycles. The summed E-state index contributed by atoms with van der Waals surface area (Å²) in [6.07, 6.45) is 0.258. The smallest absolute Gasteiger partial charge is 0.240 e. The Labute approximate surface area is 161 Å². The molecule has 0 atom stereocenters. The number of ether oxygens (including phenoxy) is 1. The first kappa shape index (κ1) is 18.6. The molecule has 0 saturated carbocycles. The van der Waals surface area contributed by atoms with E-state index in [1.54, 1.807) is 17.8 Å². The van der Waals surface area contributed by atoms with Crippen molar-refractivity contribution in [3.05, 3.63) is 53.6 Å². The number of hydrogen-bond acceptors (Lipinski definition) is 4. The van der Waals surface area contributed by atoms with Crippen molar-refractivity contribution >= 4 is 40.9 Å². The molecule has 0 spiro atoms. The molecule has 2 aromatic rings. The van der Waals surface area contributed by atoms with Crippen molar-refractivity contribution in [2.24, 2.45) is 0 Å². The molecular formula is C19H19ClN2O3S. The third kappa shape index (κ3) is 4.93. The highest BCUT2D eigenvalue weighted by Crippen LogP contribution is 2.30. The number of thioether (sulfide) groups is 1. The number of para-hydroxylation sites is 2. The van der Waals surface area contributed by atoms with Gasteiger partial charge in [-0.05, 0) is 36.4 Å². The number of carbonyl (C=O) groups is 2. The van der Waals surface area contributed by atoms with Gasteiger partial charge in [0.1, 0.15) is 12.3 Å². The summed E-state index contributed by atoms with van der Waals surface area (Å²) in [5.74, 6) is 1.07. The zero-order valence-corrected chi connectivity index (χ0v) is 15.7. The van der Waals surface area contributed by atoms with E-state index in [2.05, 4.69) is 5.32 Å². The molecule has 2 aromatic carbocycles. The Kier molecular flexibility index (Phi) is 6.41. The number of benzene rings is 2. The highest BCUT2D eigenvalue weighted by atomic mass is 35.5. The number of amides is 2. The zero-order valence-electron chi connectivity index (χ0n) is 14.1. The molecule has 3 rings (SSSR count). The predicted octanol–water partition coefficient (Wildman–Crippen LogP) is 3.36. The Morgan fingerprint density at radius 3 is 2.77 bits per heavy atom. The number of nitrogens with one attached hydrogen (secondary N) is 1. The summed E-state index contributed by atoms with van der Waals surface area (Å²) in [5.41, 5.74) is 0.640. The molecule has 0 saturated heterocycles. The standard InChI is InChI=1S/C19H19ClN2O3S/c20-14-5-7-15(8-6-14)26-12-10-21-18(23)13-22-16-3-1-2-4-17(16)25-11-9-19(22)24/h1-8H,9-13H2,(H,21,23). The fraction of sp³-hybridized carbons (Fsp3) is 0.263. The Balaban J connectivity index is 1.51. The van der Waals surface area contributed by atoms with E-state index in [0.29, 0.717) is 29.6 Å². The summed E-state index contributed by atoms with van der Waals surface area (Å²) in [6.45, 7) is 0.836. The third-order valence-corrected chi connectivity index (χ3v) is 5.10. The Morgan fingerprint density at radius 2 is 1.96 bits per heavy atom. The largest absolute Gasteiger partial charge is 0.491 e. The average Bonchev–Trinajstić information content (AvgIpc) is 2.80. The van der Waals surface area contributed by atoms with Crippen LogP contribution in [0.5, 0.6) is 5.75 Å². The van der Waals surface area contributed by atoms with Gasteiger partial charge in [-0.25, -0.2) is 0 Å². The summed E-state index contributed by atoms with van der Waals surface area (Å²) in [5, 5.41) is 3.57. The van der Waals surface area contributed by atoms with E-state index in [-0.39, 0.29) is 24.8 Å². The van der Waals surface area contributed by atoms with Crippen LogP contribution in [0.25, 0.3) is 0 Å². The highest BCUT2D eigenvalue weighted by Gasteiger charge is 2.24. The monoisotopic (exact) mass is 390 g/mol. The van der Waals surface area contributed by atoms with Crippen molar-refractivity contribution in [1.29, 1.82) is 0 Å². The van der Waals surface area contributed by atoms with Crippen LogP contribution in [0.1, 0.15) is 6.42 Å². The van der Waals surface area contributed by atoms with Gasteiger partial charge in [-0.1, -0.05) is 23.7 Å². The molecule has 1 heterocycles. The molecule has 26 heavy (non-hydrogen) atoms. The highest BCUT2D eigenvalue weighted by molar-refractivity contribution is 7.99. The minimum Gasteiger partial charge on any atom is -0.491 e. The van der Waals surface area contributed by atoms with Crippen molar-refractivity contribution in [3.8, 4) is 5.75 Å². The quantitative estimate of drug-likeness (QED) is 0.607. The van der Waals surface area contributed by atoms with Crippen LogP contribution in [0.3, 0.4) is 0 Å². The Hall–Kier alpha value is -2.18. The normalized spacial score (nSPS) is 13.6. The second-order valence-electron chi connectivity index (χ2n) is 5.70. The molecule has 5 nitrogen and oxygen atoms in total. The van der Waals surface area contributed by atoms with E-state index >= 15 is 0 Å². The molecule has 0 fully saturated rings. The zero-order chi connectivity index (χ0) is 18.4. The number of anilines is 1. The second kappa shape index (κ2) is 8.96. The van der Waals surface area contributed by atoms with Crippen molar-refractivity contribution in [3.63, 3.8) is 0 Å². The first-order chi connectivity index (χ1) is 12.6. The lowest BCUT2D eigenvalue weighted by Gasteiger charge is -2.21. The number of rotatable bonds is 6. The van der Waals surface area contributed by atoms with Crippen LogP contribution in [0, 0.1) is 0 Å². The lowest BCUT2D eigenvalue weighted by atomic mass is 10.2. The lowest BCUT2D eigenvalue weighted by Crippen LogP contribution is -2.41. The lowest BCUT2D eigenvalue weighted by molar-refractivity contribution is -0.123. The molecule has 136 valence electrons. The summed E-state index contributed by atoms with van der Waals surface area (Å²) in [6, 6.07) is 14.8. The average molecular weight is 391 g/mol. The molecule has 0 bridgehead atoms. The van der Waals surface area contributed by atoms with Crippen molar-refractivity contribution < 1.29 is 14.3 Å². The van der Waals surface area contributed by atoms with Gasteiger partial charge in [-0.2, -0.15) is 0 Å². The number of fused-ring (bicyclic) bond motifs is 1. The topological polar surface area (TPSA) is 58.6 Å². The first-order valence-electron chi connectivity index (χ1n) is 8.31. The van der Waals surface area contributed by atoms with Gasteiger partial charge in [-0.15, -0.1) is 11.8 Å². The molecule has 0 aliphatic carbocycles. The molecule has 2 amide bonds. The van der Waals surface area contributed by atoms with Gasteiger partial charge in [0.2, 0.25) is 11.8 Å². The van der Waals surface area contributed by atoms with E-state index in [1.165, 1.54) is 4.90 Å². The van der Waals surface area contributed by atoms with E-state index in [1.807, 2.05) is 42.5 Å². The molecule has 0 unspecified atom stereocenters. The van der Waals surface area contributed by atoms with Gasteiger partial charge >= 0.3 is 0 Å². The third-order valence-electron chi connectivity index (χ3n) is 3.84. The summed E-state index contributed by atoms with van der Waals surface area (Å²) < 4.78 is 5.58. The summed E-state index contributed by atoms with van der Waals surface area (Å²) in [7, 11) is 0. The Bertz CT molecular complexity index is 783. The van der Waals surface area contributed by atoms with Crippen LogP contribution in [-0.4, -0.2) is 37.3 Å². The van der Waals surface area contributed by atoms with Gasteiger partial charge in [0.15, 0.2) is 0 Å². The maximum Gasteiger partial charge on any atom is 0.240 e. The maximum absolute atomic E-state index is 12.3. The van der Waals surface area contributed by atoms with Crippen LogP contribution in [0.15, 0.2) is 53.4 Å². The van der Waals surface area contributed by atoms with E-state index in [4.69, 9.17) is 16.3 Å². The maximum atomic E-state index is 12.3. The molecule has 0 aromatic heterocycles. The van der Waals surface area contributed by atoms with E-state index < -0.39 is 0 Å². The van der Waals surface area contributed by atoms with Gasteiger partial charge in [0, 0.05) is 22.2 Å². The van der Waals surface area contributed by atoms with Crippen LogP contribution in [0.4, 0.5) is 5.69 Å². The van der Waals surface area contributed by atoms with Gasteiger partial charge in [0.25, 0.3) is 0 Å². The van der Waals surface area contributed by atoms with Crippen LogP contribution in [0.2, 0.25) is 5.02 Å². The fourth-order valence-electron chi connectivity index (χ4n) is 2.58. The number of hydrogen-bond donors (Lipinski definition) is 1. The van der Waals surface area contributed by atoms with Gasteiger partial charge < -0.3 is 10.1 Å². The SMILES string of the molecule is O=C(CN1C(=O)CCOc2ccccc21)NCCSc1ccc(Cl)cc1. The van der Waals surface area contributed by atoms with Crippen LogP contribution >= 0.6 is 23.4 Å². The molecular weight excluding hydrogens is 372 g/mol. The first-order valence-corrected chi connectivity index (χ1v) is 9.67. The summed E-state index contributed by atoms with van der Waals surface area (Å²) in [4.78, 5) is 27.2. The van der Waals surface area contributed by atoms with Gasteiger partial charge in [-0.3, -0.25) is 14.5 Å². The summed E-state index contributed by atoms with van der Waals surface area (Å²) >= 11 is 7.49. The fourth-order valence-corrected chi connectivity index (χ4v) is 3.48. The number of nitrogens with zero attached hydrogens (tertiary/aromatic N) is 1. The minimum absolute atomic E-state index is 0.00911.